The van der Waals surface area contributed by atoms with Gasteiger partial charge in [0.2, 0.25) is 0 Å². The number of carbonyl (C=O) groups is 1. The second-order valence-corrected chi connectivity index (χ2v) is 17.9. The highest BCUT2D eigenvalue weighted by atomic mass is 16.7. The van der Waals surface area contributed by atoms with Crippen LogP contribution in [0, 0.1) is 0 Å². The predicted octanol–water partition coefficient (Wildman–Crippen LogP) is 13.2. The van der Waals surface area contributed by atoms with E-state index < -0.39 is 43.4 Å². The second kappa shape index (κ2) is 46.7. The lowest BCUT2D eigenvalue weighted by molar-refractivity contribution is -0.305. The molecule has 6 atom stereocenters. The minimum absolute atomic E-state index is 0.121. The molecule has 0 radical (unpaired) electrons. The molecule has 1 heterocycles. The topological polar surface area (TPSA) is 135 Å². The molecule has 0 aromatic carbocycles. The number of carbonyl (C=O) groups excluding carboxylic acids is 1. The molecule has 9 nitrogen and oxygen atoms in total. The zero-order valence-electron chi connectivity index (χ0n) is 41.5. The van der Waals surface area contributed by atoms with Gasteiger partial charge in [0.05, 0.1) is 19.8 Å². The van der Waals surface area contributed by atoms with Gasteiger partial charge in [-0.15, -0.1) is 0 Å². The summed E-state index contributed by atoms with van der Waals surface area (Å²) in [5.41, 5.74) is 0. The monoisotopic (exact) mass is 915 g/mol. The van der Waals surface area contributed by atoms with Crippen molar-refractivity contribution in [3.05, 3.63) is 72.9 Å². The van der Waals surface area contributed by atoms with Crippen molar-refractivity contribution in [1.82, 2.24) is 0 Å². The maximum Gasteiger partial charge on any atom is 0.306 e. The van der Waals surface area contributed by atoms with Crippen LogP contribution in [-0.2, 0) is 23.7 Å². The molecule has 0 bridgehead atoms. The van der Waals surface area contributed by atoms with E-state index in [0.29, 0.717) is 13.0 Å². The van der Waals surface area contributed by atoms with Gasteiger partial charge < -0.3 is 39.4 Å². The fourth-order valence-electron chi connectivity index (χ4n) is 7.75. The van der Waals surface area contributed by atoms with Crippen LogP contribution < -0.4 is 0 Å². The van der Waals surface area contributed by atoms with Crippen molar-refractivity contribution in [2.45, 2.75) is 250 Å². The minimum atomic E-state index is -1.54. The molecule has 0 aromatic heterocycles. The lowest BCUT2D eigenvalue weighted by Gasteiger charge is -2.39. The summed E-state index contributed by atoms with van der Waals surface area (Å²) in [5.74, 6) is -0.324. The van der Waals surface area contributed by atoms with Crippen LogP contribution in [0.3, 0.4) is 0 Å². The SMILES string of the molecule is CC/C=C\C/C=C\C/C=C\C/C=C\C/C=C\CCCCCCCCCCCCOCC(COC1OC(CO)C(O)C(O)C1O)OC(=O)CCCCCCC/C=C\CCCCCCCCC. The molecule has 0 aliphatic carbocycles. The molecule has 9 heteroatoms. The number of hydrogen-bond acceptors (Lipinski definition) is 9. The molecule has 1 aliphatic heterocycles. The smallest absolute Gasteiger partial charge is 0.306 e. The normalized spacial score (nSPS) is 20.0. The zero-order valence-corrected chi connectivity index (χ0v) is 41.5. The van der Waals surface area contributed by atoms with Crippen molar-refractivity contribution in [3.63, 3.8) is 0 Å². The Bertz CT molecular complexity index is 1220. The van der Waals surface area contributed by atoms with E-state index in [0.717, 1.165) is 77.0 Å². The Morgan fingerprint density at radius 3 is 1.43 bits per heavy atom. The van der Waals surface area contributed by atoms with Gasteiger partial charge in [0.25, 0.3) is 0 Å². The highest BCUT2D eigenvalue weighted by Crippen LogP contribution is 2.23. The summed E-state index contributed by atoms with van der Waals surface area (Å²) in [7, 11) is 0. The van der Waals surface area contributed by atoms with Gasteiger partial charge in [-0.2, -0.15) is 0 Å². The van der Waals surface area contributed by atoms with Crippen molar-refractivity contribution < 1.29 is 44.2 Å². The molecule has 6 unspecified atom stereocenters. The number of ether oxygens (including phenoxy) is 4. The van der Waals surface area contributed by atoms with Crippen LogP contribution in [0.5, 0.6) is 0 Å². The molecule has 0 saturated carbocycles. The first-order valence-corrected chi connectivity index (χ1v) is 26.5. The standard InChI is InChI=1S/C56H98O9/c1-3-5-7-9-11-13-15-17-19-21-22-23-24-25-26-27-28-29-30-32-34-36-38-40-42-44-46-62-48-50(49-63-56-55(61)54(60)53(59)51(47-57)65-56)64-52(58)45-43-41-39-37-35-33-31-20-18-16-14-12-10-8-6-4-2/h5,7,11,13,17,19-20,22-23,25-26,31,50-51,53-57,59-61H,3-4,6,8-10,12,14-16,18,21,24,27-30,32-49H2,1-2H3/b7-5-,13-11-,19-17-,23-22-,26-25-,31-20-. The molecule has 1 rings (SSSR count). The fourth-order valence-corrected chi connectivity index (χ4v) is 7.75. The van der Waals surface area contributed by atoms with Crippen molar-refractivity contribution in [2.75, 3.05) is 26.4 Å². The Morgan fingerprint density at radius 2 is 0.938 bits per heavy atom. The molecule has 0 amide bonds. The fraction of sp³-hybridized carbons (Fsp3) is 0.768. The number of rotatable bonds is 45. The number of hydrogen-bond donors (Lipinski definition) is 4. The van der Waals surface area contributed by atoms with Crippen molar-refractivity contribution in [1.29, 1.82) is 0 Å². The Labute approximate surface area is 397 Å². The van der Waals surface area contributed by atoms with Crippen LogP contribution in [0.4, 0.5) is 0 Å². The van der Waals surface area contributed by atoms with Gasteiger partial charge in [0.15, 0.2) is 6.29 Å². The van der Waals surface area contributed by atoms with E-state index in [1.165, 1.54) is 116 Å². The zero-order chi connectivity index (χ0) is 47.1. The molecule has 1 fully saturated rings. The van der Waals surface area contributed by atoms with E-state index in [1.54, 1.807) is 0 Å². The average molecular weight is 915 g/mol. The summed E-state index contributed by atoms with van der Waals surface area (Å²) >= 11 is 0. The minimum Gasteiger partial charge on any atom is -0.457 e. The number of esters is 1. The molecular weight excluding hydrogens is 817 g/mol. The third kappa shape index (κ3) is 37.3. The van der Waals surface area contributed by atoms with Crippen LogP contribution in [-0.4, -0.2) is 89.6 Å². The van der Waals surface area contributed by atoms with Gasteiger partial charge in [-0.05, 0) is 83.5 Å². The predicted molar refractivity (Wildman–Crippen MR) is 270 cm³/mol. The number of aliphatic hydroxyl groups is 4. The van der Waals surface area contributed by atoms with E-state index in [4.69, 9.17) is 18.9 Å². The third-order valence-electron chi connectivity index (χ3n) is 11.9. The van der Waals surface area contributed by atoms with E-state index >= 15 is 0 Å². The summed E-state index contributed by atoms with van der Waals surface area (Å²) in [5, 5.41) is 40.3. The van der Waals surface area contributed by atoms with E-state index in [1.807, 2.05) is 0 Å². The van der Waals surface area contributed by atoms with E-state index in [9.17, 15) is 25.2 Å². The first-order valence-electron chi connectivity index (χ1n) is 26.5. The Morgan fingerprint density at radius 1 is 0.508 bits per heavy atom. The summed E-state index contributed by atoms with van der Waals surface area (Å²) < 4.78 is 22.9. The summed E-state index contributed by atoms with van der Waals surface area (Å²) in [6, 6.07) is 0. The molecule has 0 aromatic rings. The molecule has 0 spiro atoms. The molecular formula is C56H98O9. The molecule has 65 heavy (non-hydrogen) atoms. The Hall–Kier alpha value is -2.37. The number of unbranched alkanes of at least 4 members (excludes halogenated alkanes) is 22. The molecule has 376 valence electrons. The maximum absolute atomic E-state index is 12.8. The van der Waals surface area contributed by atoms with Crippen LogP contribution in [0.2, 0.25) is 0 Å². The van der Waals surface area contributed by atoms with Gasteiger partial charge in [-0.1, -0.05) is 196 Å². The largest absolute Gasteiger partial charge is 0.457 e. The van der Waals surface area contributed by atoms with E-state index in [-0.39, 0.29) is 19.2 Å². The summed E-state index contributed by atoms with van der Waals surface area (Å²) in [4.78, 5) is 12.8. The highest BCUT2D eigenvalue weighted by Gasteiger charge is 2.44. The van der Waals surface area contributed by atoms with Crippen LogP contribution >= 0.6 is 0 Å². The Kier molecular flexibility index (Phi) is 43.6. The maximum atomic E-state index is 12.8. The van der Waals surface area contributed by atoms with Gasteiger partial charge in [0.1, 0.15) is 30.5 Å². The van der Waals surface area contributed by atoms with Crippen molar-refractivity contribution in [3.8, 4) is 0 Å². The number of allylic oxidation sites excluding steroid dienone is 12. The van der Waals surface area contributed by atoms with Gasteiger partial charge in [-0.25, -0.2) is 0 Å². The summed E-state index contributed by atoms with van der Waals surface area (Å²) in [6.45, 7) is 4.43. The lowest BCUT2D eigenvalue weighted by Crippen LogP contribution is -2.59. The molecule has 1 saturated heterocycles. The number of aliphatic hydroxyl groups excluding tert-OH is 4. The average Bonchev–Trinajstić information content (AvgIpc) is 3.31. The molecule has 4 N–H and O–H groups in total. The van der Waals surface area contributed by atoms with E-state index in [2.05, 4.69) is 86.8 Å². The van der Waals surface area contributed by atoms with Crippen LogP contribution in [0.15, 0.2) is 72.9 Å². The quantitative estimate of drug-likeness (QED) is 0.0267. The van der Waals surface area contributed by atoms with Gasteiger partial charge >= 0.3 is 5.97 Å². The van der Waals surface area contributed by atoms with Crippen LogP contribution in [0.25, 0.3) is 0 Å². The summed E-state index contributed by atoms with van der Waals surface area (Å²) in [6.07, 6.45) is 55.1. The van der Waals surface area contributed by atoms with Crippen molar-refractivity contribution >= 4 is 5.97 Å². The van der Waals surface area contributed by atoms with Gasteiger partial charge in [-0.3, -0.25) is 4.79 Å². The van der Waals surface area contributed by atoms with Crippen molar-refractivity contribution in [2.24, 2.45) is 0 Å². The van der Waals surface area contributed by atoms with Gasteiger partial charge in [0, 0.05) is 13.0 Å². The lowest BCUT2D eigenvalue weighted by atomic mass is 9.99. The first kappa shape index (κ1) is 60.6. The Balaban J connectivity index is 2.19. The molecule has 1 aliphatic rings. The third-order valence-corrected chi connectivity index (χ3v) is 11.9. The second-order valence-electron chi connectivity index (χ2n) is 17.9. The van der Waals surface area contributed by atoms with Crippen LogP contribution in [0.1, 0.15) is 213 Å². The first-order chi connectivity index (χ1) is 31.9. The highest BCUT2D eigenvalue weighted by molar-refractivity contribution is 5.69.